The molecular formula is C60H89NO15. The zero-order valence-corrected chi connectivity index (χ0v) is 47.1. The molecule has 1 amide bonds. The fourth-order valence-corrected chi connectivity index (χ4v) is 11.6. The van der Waals surface area contributed by atoms with Crippen molar-refractivity contribution in [1.29, 1.82) is 0 Å². The van der Waals surface area contributed by atoms with Crippen LogP contribution in [0, 0.1) is 35.5 Å². The van der Waals surface area contributed by atoms with Crippen molar-refractivity contribution in [3.63, 3.8) is 0 Å². The molecule has 1 aromatic rings. The molecule has 3 fully saturated rings. The van der Waals surface area contributed by atoms with Gasteiger partial charge in [0.05, 0.1) is 32.0 Å². The summed E-state index contributed by atoms with van der Waals surface area (Å²) >= 11 is 0. The van der Waals surface area contributed by atoms with Gasteiger partial charge in [-0.05, 0) is 114 Å². The third kappa shape index (κ3) is 16.3. The number of hydrogen-bond acceptors (Lipinski definition) is 15. The Labute approximate surface area is 451 Å². The van der Waals surface area contributed by atoms with Gasteiger partial charge in [-0.3, -0.25) is 19.2 Å². The van der Waals surface area contributed by atoms with E-state index in [1.54, 1.807) is 54.2 Å². The van der Waals surface area contributed by atoms with Crippen LogP contribution in [0.5, 0.6) is 11.5 Å². The number of hydrogen-bond donors (Lipinski definition) is 3. The molecule has 0 aromatic heterocycles. The predicted octanol–water partition coefficient (Wildman–Crippen LogP) is 7.98. The van der Waals surface area contributed by atoms with Crippen molar-refractivity contribution >= 4 is 29.2 Å². The number of piperidine rings is 1. The van der Waals surface area contributed by atoms with Crippen LogP contribution in [-0.2, 0) is 47.7 Å². The van der Waals surface area contributed by atoms with E-state index in [0.717, 1.165) is 11.1 Å². The molecule has 16 nitrogen and oxygen atoms in total. The summed E-state index contributed by atoms with van der Waals surface area (Å²) in [7, 11) is 6.12. The number of cyclic esters (lactones) is 1. The second-order valence-corrected chi connectivity index (χ2v) is 22.2. The van der Waals surface area contributed by atoms with Gasteiger partial charge in [-0.1, -0.05) is 82.7 Å². The zero-order valence-electron chi connectivity index (χ0n) is 47.1. The minimum absolute atomic E-state index is 0.0224. The number of rotatable bonds is 11. The maximum atomic E-state index is 14.6. The van der Waals surface area contributed by atoms with E-state index in [-0.39, 0.29) is 60.7 Å². The van der Waals surface area contributed by atoms with Crippen LogP contribution in [0.1, 0.15) is 137 Å². The highest BCUT2D eigenvalue weighted by molar-refractivity contribution is 6.39. The average molecular weight is 1060 g/mol. The number of methoxy groups -OCH3 is 4. The summed E-state index contributed by atoms with van der Waals surface area (Å²) in [6.07, 6.45) is 11.3. The third-order valence-electron chi connectivity index (χ3n) is 16.4. The summed E-state index contributed by atoms with van der Waals surface area (Å²) < 4.78 is 41.0. The number of carbonyl (C=O) groups is 5. The maximum absolute atomic E-state index is 14.6. The molecule has 4 aliphatic rings. The summed E-state index contributed by atoms with van der Waals surface area (Å²) in [5, 5.41) is 34.5. The average Bonchev–Trinajstić information content (AvgIpc) is 3.40. The maximum Gasteiger partial charge on any atom is 0.329 e. The van der Waals surface area contributed by atoms with Gasteiger partial charge in [0.1, 0.15) is 48.2 Å². The molecule has 0 radical (unpaired) electrons. The Bertz CT molecular complexity index is 2240. The van der Waals surface area contributed by atoms with Gasteiger partial charge in [-0.15, -0.1) is 0 Å². The van der Waals surface area contributed by atoms with Gasteiger partial charge in [0.15, 0.2) is 5.78 Å². The number of nitrogens with zero attached hydrogens (tertiary/aromatic N) is 1. The molecule has 2 saturated heterocycles. The topological polar surface area (TPSA) is 214 Å². The number of Topliss-reactive ketones (excluding diaryl/α,β-unsaturated/α-hetero) is 3. The highest BCUT2D eigenvalue weighted by Gasteiger charge is 2.53. The van der Waals surface area contributed by atoms with Crippen LogP contribution in [0.15, 0.2) is 65.8 Å². The molecule has 3 aliphatic heterocycles. The molecule has 16 heteroatoms. The number of ether oxygens (including phenoxy) is 7. The number of esters is 1. The molecule has 3 N–H and O–H groups in total. The second kappa shape index (κ2) is 29.4. The Morgan fingerprint density at radius 3 is 2.29 bits per heavy atom. The third-order valence-corrected chi connectivity index (χ3v) is 16.4. The van der Waals surface area contributed by atoms with Crippen LogP contribution < -0.4 is 9.47 Å². The van der Waals surface area contributed by atoms with Crippen LogP contribution in [-0.4, -0.2) is 146 Å². The predicted molar refractivity (Wildman–Crippen MR) is 287 cm³/mol. The number of amides is 1. The molecule has 1 aromatic carbocycles. The van der Waals surface area contributed by atoms with Gasteiger partial charge >= 0.3 is 5.97 Å². The molecule has 15 atom stereocenters. The minimum Gasteiger partial charge on any atom is -0.496 e. The van der Waals surface area contributed by atoms with Crippen LogP contribution in [0.3, 0.4) is 0 Å². The summed E-state index contributed by atoms with van der Waals surface area (Å²) in [6, 6.07) is 4.41. The van der Waals surface area contributed by atoms with E-state index in [1.165, 1.54) is 12.0 Å². The van der Waals surface area contributed by atoms with Crippen molar-refractivity contribution in [2.24, 2.45) is 35.5 Å². The Balaban J connectivity index is 1.54. The first-order chi connectivity index (χ1) is 36.2. The fourth-order valence-electron chi connectivity index (χ4n) is 11.6. The molecular weight excluding hydrogens is 975 g/mol. The first kappa shape index (κ1) is 62.3. The number of ketones is 3. The minimum atomic E-state index is -2.50. The van der Waals surface area contributed by atoms with Gasteiger partial charge in [-0.25, -0.2) is 4.79 Å². The lowest BCUT2D eigenvalue weighted by atomic mass is 9.78. The van der Waals surface area contributed by atoms with Crippen LogP contribution in [0.4, 0.5) is 0 Å². The van der Waals surface area contributed by atoms with Gasteiger partial charge in [0.2, 0.25) is 5.79 Å². The van der Waals surface area contributed by atoms with Crippen LogP contribution in [0.2, 0.25) is 0 Å². The van der Waals surface area contributed by atoms with Crippen molar-refractivity contribution < 1.29 is 72.5 Å². The highest BCUT2D eigenvalue weighted by Crippen LogP contribution is 2.43. The van der Waals surface area contributed by atoms with Crippen molar-refractivity contribution in [1.82, 2.24) is 4.90 Å². The lowest BCUT2D eigenvalue weighted by molar-refractivity contribution is -0.264. The fraction of sp³-hybridized carbons (Fsp3) is 0.683. The molecule has 76 heavy (non-hydrogen) atoms. The SMILES string of the molecule is COCCOc1ccc([C@H]2C[C@@H]3CC[C@@H](C)[C@@](O)(O3)C(=O)C(=O)N3CCCC[C@H]3C(=O)O[C@H]([C@H](C)C[C@@H]3CC[C@@H](O)[C@H](OC)C3)CC(=O)[C@H](C)/C=C(\C)[C@@H](O)[C@@H](OC)C(=O)[C@H](C)C[C@H](C)/C=C/C=C/C=C/2C)c(OC)c1. The summed E-state index contributed by atoms with van der Waals surface area (Å²) in [6.45, 7) is 13.5. The van der Waals surface area contributed by atoms with E-state index in [9.17, 15) is 39.3 Å². The Morgan fingerprint density at radius 2 is 1.59 bits per heavy atom. The lowest BCUT2D eigenvalue weighted by Gasteiger charge is -2.43. The van der Waals surface area contributed by atoms with Gasteiger partial charge in [-0.2, -0.15) is 0 Å². The first-order valence-electron chi connectivity index (χ1n) is 27.6. The standard InChI is InChI=1S/C60H89NO15/c1-36-17-13-12-14-18-37(2)47(46-24-23-44(34-52(46)71-9)74-28-27-70-8)33-45-22-20-42(7)60(69,76-45)57(66)58(67)61-26-16-15-19-48(61)59(68)75-51(39(4)31-43-21-25-49(62)53(32-43)72-10)35-50(63)38(3)30-41(6)55(65)56(73-11)54(64)40(5)29-36/h12-14,17-18,23-24,30,34,36,38-40,42-43,45,47-49,51,53,55-56,62,65,69H,15-16,19-22,25-29,31-33,35H2,1-11H3/b14-12+,17-13+,37-18+,41-30+/t36-,38-,39-,40-,42-,43+,45+,47+,48+,49-,51+,53-,55-,56+,60-/m1/s1. The number of aliphatic hydroxyl groups is 3. The largest absolute Gasteiger partial charge is 0.496 e. The summed E-state index contributed by atoms with van der Waals surface area (Å²) in [4.78, 5) is 73.2. The Kier molecular flexibility index (Phi) is 24.1. The number of carbonyl (C=O) groups excluding carboxylic acids is 5. The van der Waals surface area contributed by atoms with E-state index in [2.05, 4.69) is 0 Å². The van der Waals surface area contributed by atoms with Gasteiger partial charge in [0.25, 0.3) is 11.7 Å². The summed E-state index contributed by atoms with van der Waals surface area (Å²) in [5.74, 6) is -7.51. The van der Waals surface area contributed by atoms with Crippen molar-refractivity contribution in [2.45, 2.75) is 180 Å². The molecule has 1 saturated carbocycles. The second-order valence-electron chi connectivity index (χ2n) is 22.2. The van der Waals surface area contributed by atoms with Gasteiger partial charge in [0, 0.05) is 69.6 Å². The molecule has 2 bridgehead atoms. The molecule has 1 aliphatic carbocycles. The Hall–Kier alpha value is -4.55. The zero-order chi connectivity index (χ0) is 55.9. The quantitative estimate of drug-likeness (QED) is 0.0829. The first-order valence-corrected chi connectivity index (χ1v) is 27.6. The molecule has 0 unspecified atom stereocenters. The number of fused-ring (bicyclic) bond motifs is 3. The molecule has 5 rings (SSSR count). The van der Waals surface area contributed by atoms with Crippen LogP contribution in [0.25, 0.3) is 0 Å². The van der Waals surface area contributed by atoms with Gasteiger partial charge < -0.3 is 53.4 Å². The van der Waals surface area contributed by atoms with Crippen molar-refractivity contribution in [3.8, 4) is 11.5 Å². The smallest absolute Gasteiger partial charge is 0.329 e. The van der Waals surface area contributed by atoms with Crippen LogP contribution >= 0.6 is 0 Å². The Morgan fingerprint density at radius 1 is 0.842 bits per heavy atom. The highest BCUT2D eigenvalue weighted by atomic mass is 16.6. The van der Waals surface area contributed by atoms with E-state index in [0.29, 0.717) is 94.5 Å². The number of allylic oxidation sites excluding steroid dienone is 7. The summed E-state index contributed by atoms with van der Waals surface area (Å²) in [5.41, 5.74) is 2.11. The molecule has 3 heterocycles. The van der Waals surface area contributed by atoms with E-state index in [1.807, 2.05) is 70.2 Å². The monoisotopic (exact) mass is 1060 g/mol. The normalized spacial score (nSPS) is 36.2. The number of benzene rings is 1. The molecule has 424 valence electrons. The van der Waals surface area contributed by atoms with E-state index < -0.39 is 77.8 Å². The molecule has 0 spiro atoms. The van der Waals surface area contributed by atoms with Crippen molar-refractivity contribution in [2.75, 3.05) is 48.2 Å². The van der Waals surface area contributed by atoms with E-state index in [4.69, 9.17) is 33.2 Å². The van der Waals surface area contributed by atoms with Crippen molar-refractivity contribution in [3.05, 3.63) is 71.4 Å². The van der Waals surface area contributed by atoms with E-state index >= 15 is 0 Å². The number of aliphatic hydroxyl groups excluding tert-OH is 2. The lowest BCUT2D eigenvalue weighted by Crippen LogP contribution is -2.60.